The van der Waals surface area contributed by atoms with Crippen LogP contribution in [-0.4, -0.2) is 68.0 Å². The van der Waals surface area contributed by atoms with Crippen LogP contribution in [-0.2, 0) is 27.9 Å². The third kappa shape index (κ3) is 7.06. The zero-order valence-electron chi connectivity index (χ0n) is 25.5. The van der Waals surface area contributed by atoms with Crippen molar-refractivity contribution in [2.75, 3.05) is 26.4 Å². The Morgan fingerprint density at radius 2 is 1.87 bits per heavy atom. The first kappa shape index (κ1) is 30.5. The summed E-state index contributed by atoms with van der Waals surface area (Å²) in [4.78, 5) is 15.7. The Morgan fingerprint density at radius 1 is 1.18 bits per heavy atom. The molecule has 2 N–H and O–H groups in total. The molecule has 220 valence electrons. The van der Waals surface area contributed by atoms with Gasteiger partial charge in [-0.25, -0.2) is 8.42 Å². The molecule has 4 fully saturated rings. The van der Waals surface area contributed by atoms with E-state index >= 15 is 0 Å². The van der Waals surface area contributed by atoms with E-state index in [0.29, 0.717) is 35.6 Å². The maximum atomic E-state index is 13.4. The maximum absolute atomic E-state index is 13.4. The smallest absolute Gasteiger partial charge is 0.238 e. The van der Waals surface area contributed by atoms with Gasteiger partial charge in [0.15, 0.2) is 0 Å². The van der Waals surface area contributed by atoms with Crippen molar-refractivity contribution in [3.05, 3.63) is 35.4 Å². The van der Waals surface area contributed by atoms with Gasteiger partial charge in [0.1, 0.15) is 6.04 Å². The SMILES string of the molecule is C[C@@H]1[C@@H](NC(=O)C2CCS(=O)(=O)N2Cc2cccc(CN[C@H](CN(C)C)CC(C)(C)C)c2)C[C@H]2C[C@@H]1C2(C)C. The number of rotatable bonds is 10. The minimum absolute atomic E-state index is 0.0316. The zero-order chi connectivity index (χ0) is 28.8. The molecule has 1 saturated heterocycles. The Labute approximate surface area is 237 Å². The molecule has 0 aromatic heterocycles. The van der Waals surface area contributed by atoms with Gasteiger partial charge < -0.3 is 15.5 Å². The molecule has 2 bridgehead atoms. The Hall–Kier alpha value is -1.48. The van der Waals surface area contributed by atoms with E-state index in [1.54, 1.807) is 0 Å². The number of benzene rings is 1. The summed E-state index contributed by atoms with van der Waals surface area (Å²) >= 11 is 0. The summed E-state index contributed by atoms with van der Waals surface area (Å²) in [6, 6.07) is 7.99. The van der Waals surface area contributed by atoms with Crippen molar-refractivity contribution in [1.29, 1.82) is 0 Å². The molecule has 1 heterocycles. The summed E-state index contributed by atoms with van der Waals surface area (Å²) in [7, 11) is 0.718. The molecule has 1 aromatic rings. The summed E-state index contributed by atoms with van der Waals surface area (Å²) in [6.45, 7) is 15.6. The van der Waals surface area contributed by atoms with E-state index in [1.165, 1.54) is 10.7 Å². The fourth-order valence-corrected chi connectivity index (χ4v) is 9.16. The minimum atomic E-state index is -3.48. The van der Waals surface area contributed by atoms with Crippen molar-refractivity contribution in [3.63, 3.8) is 0 Å². The van der Waals surface area contributed by atoms with Gasteiger partial charge in [-0.05, 0) is 79.5 Å². The third-order valence-corrected chi connectivity index (χ3v) is 11.6. The number of carbonyl (C=O) groups excluding carboxylic acids is 1. The lowest BCUT2D eigenvalue weighted by atomic mass is 9.45. The van der Waals surface area contributed by atoms with Crippen molar-refractivity contribution >= 4 is 15.9 Å². The van der Waals surface area contributed by atoms with Gasteiger partial charge in [-0.2, -0.15) is 4.31 Å². The molecular formula is C31H52N4O3S. The lowest BCUT2D eigenvalue weighted by Crippen LogP contribution is -2.61. The molecule has 3 saturated carbocycles. The Kier molecular flexibility index (Phi) is 8.92. The monoisotopic (exact) mass is 560 g/mol. The van der Waals surface area contributed by atoms with Crippen LogP contribution in [0, 0.1) is 28.6 Å². The normalized spacial score (nSPS) is 30.6. The van der Waals surface area contributed by atoms with Crippen LogP contribution in [0.5, 0.6) is 0 Å². The molecule has 3 aliphatic carbocycles. The first-order chi connectivity index (χ1) is 18.1. The second kappa shape index (κ2) is 11.4. The van der Waals surface area contributed by atoms with E-state index in [1.807, 2.05) is 12.1 Å². The number of sulfonamides is 1. The van der Waals surface area contributed by atoms with Gasteiger partial charge in [-0.15, -0.1) is 0 Å². The van der Waals surface area contributed by atoms with Crippen molar-refractivity contribution in [2.45, 2.75) is 98.4 Å². The molecule has 5 rings (SSSR count). The zero-order valence-corrected chi connectivity index (χ0v) is 26.3. The van der Waals surface area contributed by atoms with Crippen molar-refractivity contribution in [2.24, 2.45) is 28.6 Å². The van der Waals surface area contributed by atoms with E-state index in [4.69, 9.17) is 0 Å². The summed E-state index contributed by atoms with van der Waals surface area (Å²) in [5, 5.41) is 6.99. The standard InChI is InChI=1S/C31H52N4O3S/c1-21-26-15-24(31(26,5)6)16-27(21)33-29(36)28-12-13-39(37,38)35(28)19-23-11-9-10-22(14-23)18-32-25(20-34(7)8)17-30(2,3)4/h9-11,14,21,24-28,32H,12-13,15-20H2,1-8H3,(H,33,36)/t21-,24+,25-,26-,27-,28?/m0/s1. The first-order valence-corrected chi connectivity index (χ1v) is 16.4. The fourth-order valence-electron chi connectivity index (χ4n) is 7.47. The van der Waals surface area contributed by atoms with Crippen LogP contribution >= 0.6 is 0 Å². The molecule has 4 aliphatic rings. The average Bonchev–Trinajstić information content (AvgIpc) is 3.11. The number of hydrogen-bond acceptors (Lipinski definition) is 5. The van der Waals surface area contributed by atoms with Crippen LogP contribution in [0.1, 0.15) is 78.4 Å². The number of hydrogen-bond donors (Lipinski definition) is 2. The second-order valence-electron chi connectivity index (χ2n) is 14.7. The van der Waals surface area contributed by atoms with Crippen LogP contribution in [0.4, 0.5) is 0 Å². The first-order valence-electron chi connectivity index (χ1n) is 14.8. The number of fused-ring (bicyclic) bond motifs is 2. The predicted octanol–water partition coefficient (Wildman–Crippen LogP) is 4.23. The Balaban J connectivity index is 1.40. The van der Waals surface area contributed by atoms with Gasteiger partial charge in [-0.1, -0.05) is 65.8 Å². The van der Waals surface area contributed by atoms with Gasteiger partial charge in [0.05, 0.1) is 5.75 Å². The van der Waals surface area contributed by atoms with Crippen molar-refractivity contribution < 1.29 is 13.2 Å². The molecule has 1 aliphatic heterocycles. The number of amides is 1. The van der Waals surface area contributed by atoms with Gasteiger partial charge >= 0.3 is 0 Å². The van der Waals surface area contributed by atoms with Gasteiger partial charge in [0.25, 0.3) is 0 Å². The number of nitrogens with zero attached hydrogens (tertiary/aromatic N) is 2. The van der Waals surface area contributed by atoms with E-state index in [0.717, 1.165) is 37.1 Å². The topological polar surface area (TPSA) is 81.8 Å². The van der Waals surface area contributed by atoms with Crippen LogP contribution in [0.2, 0.25) is 0 Å². The largest absolute Gasteiger partial charge is 0.352 e. The lowest BCUT2D eigenvalue weighted by Gasteiger charge is -2.62. The predicted molar refractivity (Wildman–Crippen MR) is 159 cm³/mol. The second-order valence-corrected chi connectivity index (χ2v) is 16.7. The summed E-state index contributed by atoms with van der Waals surface area (Å²) in [6.07, 6.45) is 3.66. The molecule has 1 unspecified atom stereocenters. The van der Waals surface area contributed by atoms with E-state index in [-0.39, 0.29) is 29.7 Å². The fraction of sp³-hybridized carbons (Fsp3) is 0.774. The molecule has 6 atom stereocenters. The summed E-state index contributed by atoms with van der Waals surface area (Å²) in [5.41, 5.74) is 2.62. The highest BCUT2D eigenvalue weighted by Crippen LogP contribution is 2.61. The van der Waals surface area contributed by atoms with E-state index in [9.17, 15) is 13.2 Å². The Bertz CT molecular complexity index is 1130. The van der Waals surface area contributed by atoms with Crippen LogP contribution in [0.25, 0.3) is 0 Å². The molecule has 1 aromatic carbocycles. The molecule has 0 radical (unpaired) electrons. The lowest BCUT2D eigenvalue weighted by molar-refractivity contribution is -0.136. The number of carbonyl (C=O) groups is 1. The quantitative estimate of drug-likeness (QED) is 0.448. The highest BCUT2D eigenvalue weighted by atomic mass is 32.2. The van der Waals surface area contributed by atoms with Crippen LogP contribution < -0.4 is 10.6 Å². The van der Waals surface area contributed by atoms with Gasteiger partial charge in [0.2, 0.25) is 15.9 Å². The number of likely N-dealkylation sites (N-methyl/N-ethyl adjacent to an activating group) is 1. The highest BCUT2D eigenvalue weighted by molar-refractivity contribution is 7.89. The maximum Gasteiger partial charge on any atom is 0.238 e. The van der Waals surface area contributed by atoms with Crippen LogP contribution in [0.3, 0.4) is 0 Å². The van der Waals surface area contributed by atoms with E-state index < -0.39 is 16.1 Å². The molecular weight excluding hydrogens is 508 g/mol. The minimum Gasteiger partial charge on any atom is -0.352 e. The molecule has 1 amide bonds. The highest BCUT2D eigenvalue weighted by Gasteiger charge is 2.56. The summed E-state index contributed by atoms with van der Waals surface area (Å²) in [5.74, 6) is 1.59. The Morgan fingerprint density at radius 3 is 2.49 bits per heavy atom. The van der Waals surface area contributed by atoms with Gasteiger partial charge in [-0.3, -0.25) is 4.79 Å². The number of nitrogens with one attached hydrogen (secondary N) is 2. The van der Waals surface area contributed by atoms with Crippen molar-refractivity contribution in [1.82, 2.24) is 19.8 Å². The average molecular weight is 561 g/mol. The third-order valence-electron chi connectivity index (χ3n) is 9.71. The van der Waals surface area contributed by atoms with Gasteiger partial charge in [0, 0.05) is 31.7 Å². The van der Waals surface area contributed by atoms with Crippen molar-refractivity contribution in [3.8, 4) is 0 Å². The molecule has 0 spiro atoms. The van der Waals surface area contributed by atoms with E-state index in [2.05, 4.69) is 83.3 Å². The molecule has 39 heavy (non-hydrogen) atoms. The van der Waals surface area contributed by atoms with Crippen LogP contribution in [0.15, 0.2) is 24.3 Å². The summed E-state index contributed by atoms with van der Waals surface area (Å²) < 4.78 is 27.5. The molecule has 8 heteroatoms. The molecule has 7 nitrogen and oxygen atoms in total.